The van der Waals surface area contributed by atoms with Gasteiger partial charge in [-0.25, -0.2) is 4.98 Å². The summed E-state index contributed by atoms with van der Waals surface area (Å²) in [6, 6.07) is 7.18. The SMILES string of the molecule is CCOc1ccc(Nc2nc(N3CCOCC3)nc(C)c2[N+](=O)[O-])cc1. The normalized spacial score (nSPS) is 14.2. The third kappa shape index (κ3) is 3.99. The molecule has 1 saturated heterocycles. The summed E-state index contributed by atoms with van der Waals surface area (Å²) < 4.78 is 10.7. The van der Waals surface area contributed by atoms with Crippen molar-refractivity contribution in [3.63, 3.8) is 0 Å². The first-order chi connectivity index (χ1) is 12.6. The minimum atomic E-state index is -0.463. The Kier molecular flexibility index (Phi) is 5.47. The van der Waals surface area contributed by atoms with Gasteiger partial charge in [0.2, 0.25) is 11.8 Å². The molecule has 1 aliphatic heterocycles. The molecule has 9 nitrogen and oxygen atoms in total. The third-order valence-corrected chi connectivity index (χ3v) is 3.95. The fourth-order valence-corrected chi connectivity index (χ4v) is 2.70. The minimum absolute atomic E-state index is 0.129. The van der Waals surface area contributed by atoms with Gasteiger partial charge in [0.15, 0.2) is 0 Å². The van der Waals surface area contributed by atoms with Crippen LogP contribution in [0.25, 0.3) is 0 Å². The van der Waals surface area contributed by atoms with Crippen molar-refractivity contribution in [3.05, 3.63) is 40.1 Å². The lowest BCUT2D eigenvalue weighted by atomic mass is 10.3. The molecule has 0 spiro atoms. The van der Waals surface area contributed by atoms with E-state index in [0.29, 0.717) is 50.2 Å². The van der Waals surface area contributed by atoms with Gasteiger partial charge in [0, 0.05) is 18.8 Å². The van der Waals surface area contributed by atoms with E-state index in [1.165, 1.54) is 0 Å². The fourth-order valence-electron chi connectivity index (χ4n) is 2.70. The Labute approximate surface area is 151 Å². The van der Waals surface area contributed by atoms with E-state index >= 15 is 0 Å². The molecule has 3 rings (SSSR count). The molecule has 0 atom stereocenters. The van der Waals surface area contributed by atoms with Crippen LogP contribution in [0.5, 0.6) is 5.75 Å². The number of benzene rings is 1. The lowest BCUT2D eigenvalue weighted by molar-refractivity contribution is -0.385. The maximum Gasteiger partial charge on any atom is 0.332 e. The summed E-state index contributed by atoms with van der Waals surface area (Å²) >= 11 is 0. The van der Waals surface area contributed by atoms with Crippen molar-refractivity contribution in [3.8, 4) is 5.75 Å². The van der Waals surface area contributed by atoms with Crippen LogP contribution in [0.1, 0.15) is 12.6 Å². The van der Waals surface area contributed by atoms with Gasteiger partial charge in [-0.2, -0.15) is 4.98 Å². The molecule has 0 saturated carbocycles. The topological polar surface area (TPSA) is 103 Å². The van der Waals surface area contributed by atoms with Crippen molar-refractivity contribution in [2.45, 2.75) is 13.8 Å². The van der Waals surface area contributed by atoms with E-state index in [9.17, 15) is 10.1 Å². The highest BCUT2D eigenvalue weighted by atomic mass is 16.6. The Morgan fingerprint density at radius 3 is 2.58 bits per heavy atom. The molecule has 1 aromatic carbocycles. The predicted octanol–water partition coefficient (Wildman–Crippen LogP) is 2.67. The van der Waals surface area contributed by atoms with E-state index in [1.54, 1.807) is 31.2 Å². The van der Waals surface area contributed by atoms with Crippen LogP contribution in [0.15, 0.2) is 24.3 Å². The Morgan fingerprint density at radius 2 is 1.96 bits per heavy atom. The lowest BCUT2D eigenvalue weighted by Crippen LogP contribution is -2.37. The van der Waals surface area contributed by atoms with Crippen LogP contribution >= 0.6 is 0 Å². The van der Waals surface area contributed by atoms with Gasteiger partial charge in [0.1, 0.15) is 11.4 Å². The minimum Gasteiger partial charge on any atom is -0.494 e. The highest BCUT2D eigenvalue weighted by molar-refractivity contribution is 5.68. The van der Waals surface area contributed by atoms with Crippen LogP contribution in [0.3, 0.4) is 0 Å². The fraction of sp³-hybridized carbons (Fsp3) is 0.412. The third-order valence-electron chi connectivity index (χ3n) is 3.95. The molecular weight excluding hydrogens is 338 g/mol. The molecule has 0 amide bonds. The zero-order valence-electron chi connectivity index (χ0n) is 14.8. The predicted molar refractivity (Wildman–Crippen MR) is 97.3 cm³/mol. The van der Waals surface area contributed by atoms with Crippen molar-refractivity contribution in [2.24, 2.45) is 0 Å². The number of morpholine rings is 1. The molecule has 1 N–H and O–H groups in total. The van der Waals surface area contributed by atoms with Crippen LogP contribution in [0.4, 0.5) is 23.1 Å². The van der Waals surface area contributed by atoms with Gasteiger partial charge in [-0.05, 0) is 38.1 Å². The second kappa shape index (κ2) is 7.96. The number of nitrogens with zero attached hydrogens (tertiary/aromatic N) is 4. The quantitative estimate of drug-likeness (QED) is 0.620. The maximum absolute atomic E-state index is 11.5. The summed E-state index contributed by atoms with van der Waals surface area (Å²) in [5, 5.41) is 14.5. The van der Waals surface area contributed by atoms with E-state index in [1.807, 2.05) is 11.8 Å². The van der Waals surface area contributed by atoms with Gasteiger partial charge in [-0.1, -0.05) is 0 Å². The molecule has 9 heteroatoms. The summed E-state index contributed by atoms with van der Waals surface area (Å²) in [6.45, 7) is 6.58. The number of anilines is 3. The number of hydrogen-bond donors (Lipinski definition) is 1. The molecule has 1 fully saturated rings. The van der Waals surface area contributed by atoms with Gasteiger partial charge in [0.25, 0.3) is 0 Å². The highest BCUT2D eigenvalue weighted by Crippen LogP contribution is 2.31. The first-order valence-electron chi connectivity index (χ1n) is 8.44. The van der Waals surface area contributed by atoms with E-state index in [0.717, 1.165) is 5.75 Å². The molecule has 2 heterocycles. The monoisotopic (exact) mass is 359 g/mol. The van der Waals surface area contributed by atoms with Gasteiger partial charge < -0.3 is 19.7 Å². The van der Waals surface area contributed by atoms with Crippen molar-refractivity contribution in [2.75, 3.05) is 43.1 Å². The summed E-state index contributed by atoms with van der Waals surface area (Å²) in [5.41, 5.74) is 0.874. The zero-order valence-corrected chi connectivity index (χ0v) is 14.8. The molecule has 0 aliphatic carbocycles. The molecule has 1 aliphatic rings. The van der Waals surface area contributed by atoms with E-state index in [4.69, 9.17) is 9.47 Å². The average Bonchev–Trinajstić information content (AvgIpc) is 2.63. The molecule has 1 aromatic heterocycles. The highest BCUT2D eigenvalue weighted by Gasteiger charge is 2.25. The van der Waals surface area contributed by atoms with Crippen LogP contribution in [-0.2, 0) is 4.74 Å². The number of ether oxygens (including phenoxy) is 2. The first kappa shape index (κ1) is 17.9. The van der Waals surface area contributed by atoms with Crippen LogP contribution in [0, 0.1) is 17.0 Å². The zero-order chi connectivity index (χ0) is 18.5. The summed E-state index contributed by atoms with van der Waals surface area (Å²) in [7, 11) is 0. The molecule has 26 heavy (non-hydrogen) atoms. The number of nitro groups is 1. The van der Waals surface area contributed by atoms with Gasteiger partial charge in [-0.3, -0.25) is 10.1 Å². The first-order valence-corrected chi connectivity index (χ1v) is 8.44. The van der Waals surface area contributed by atoms with Crippen molar-refractivity contribution in [1.29, 1.82) is 0 Å². The van der Waals surface area contributed by atoms with Gasteiger partial charge in [-0.15, -0.1) is 0 Å². The molecular formula is C17H21N5O4. The van der Waals surface area contributed by atoms with Crippen LogP contribution in [0.2, 0.25) is 0 Å². The number of rotatable bonds is 6. The molecule has 2 aromatic rings. The Bertz CT molecular complexity index is 775. The number of nitrogens with one attached hydrogen (secondary N) is 1. The standard InChI is InChI=1S/C17H21N5O4/c1-3-26-14-6-4-13(5-7-14)19-16-15(22(23)24)12(2)18-17(20-16)21-8-10-25-11-9-21/h4-7H,3,8-11H2,1-2H3,(H,18,19,20). The Morgan fingerprint density at radius 1 is 1.27 bits per heavy atom. The van der Waals surface area contributed by atoms with Crippen molar-refractivity contribution in [1.82, 2.24) is 9.97 Å². The Hall–Kier alpha value is -2.94. The Balaban J connectivity index is 1.92. The second-order valence-corrected chi connectivity index (χ2v) is 5.75. The van der Waals surface area contributed by atoms with Crippen LogP contribution < -0.4 is 15.0 Å². The maximum atomic E-state index is 11.5. The van der Waals surface area contributed by atoms with E-state index in [-0.39, 0.29) is 11.5 Å². The largest absolute Gasteiger partial charge is 0.494 e. The number of aromatic nitrogens is 2. The number of hydrogen-bond acceptors (Lipinski definition) is 8. The molecule has 0 unspecified atom stereocenters. The van der Waals surface area contributed by atoms with Gasteiger partial charge >= 0.3 is 5.69 Å². The lowest BCUT2D eigenvalue weighted by Gasteiger charge is -2.27. The summed E-state index contributed by atoms with van der Waals surface area (Å²) in [6.07, 6.45) is 0. The van der Waals surface area contributed by atoms with E-state index in [2.05, 4.69) is 15.3 Å². The smallest absolute Gasteiger partial charge is 0.332 e. The van der Waals surface area contributed by atoms with Crippen LogP contribution in [-0.4, -0.2) is 47.8 Å². The molecule has 0 radical (unpaired) electrons. The van der Waals surface area contributed by atoms with Gasteiger partial charge in [0.05, 0.1) is 24.7 Å². The van der Waals surface area contributed by atoms with Crippen molar-refractivity contribution >= 4 is 23.1 Å². The molecule has 138 valence electrons. The second-order valence-electron chi connectivity index (χ2n) is 5.75. The molecule has 0 bridgehead atoms. The van der Waals surface area contributed by atoms with E-state index < -0.39 is 4.92 Å². The summed E-state index contributed by atoms with van der Waals surface area (Å²) in [4.78, 5) is 21.7. The van der Waals surface area contributed by atoms with Crippen molar-refractivity contribution < 1.29 is 14.4 Å². The average molecular weight is 359 g/mol. The number of aryl methyl sites for hydroxylation is 1. The summed E-state index contributed by atoms with van der Waals surface area (Å²) in [5.74, 6) is 1.37.